The number of thioether (sulfide) groups is 1. The molecule has 116 valence electrons. The van der Waals surface area contributed by atoms with Gasteiger partial charge >= 0.3 is 11.9 Å². The van der Waals surface area contributed by atoms with Crippen molar-refractivity contribution < 1.29 is 19.8 Å². The molecule has 1 aromatic carbocycles. The van der Waals surface area contributed by atoms with Gasteiger partial charge < -0.3 is 10.2 Å². The Morgan fingerprint density at radius 2 is 1.95 bits per heavy atom. The number of aromatic nitrogens is 1. The van der Waals surface area contributed by atoms with E-state index in [0.29, 0.717) is 0 Å². The van der Waals surface area contributed by atoms with Crippen molar-refractivity contribution in [3.63, 3.8) is 0 Å². The van der Waals surface area contributed by atoms with Crippen molar-refractivity contribution in [2.45, 2.75) is 10.8 Å². The molecule has 0 spiro atoms. The van der Waals surface area contributed by atoms with Gasteiger partial charge in [-0.2, -0.15) is 0 Å². The Balaban J connectivity index is 2.12. The molecule has 0 aliphatic rings. The van der Waals surface area contributed by atoms with Gasteiger partial charge in [0, 0.05) is 5.75 Å². The predicted molar refractivity (Wildman–Crippen MR) is 87.4 cm³/mol. The Morgan fingerprint density at radius 1 is 1.27 bits per heavy atom. The fourth-order valence-electron chi connectivity index (χ4n) is 2.05. The Kier molecular flexibility index (Phi) is 5.57. The van der Waals surface area contributed by atoms with Crippen molar-refractivity contribution in [2.75, 3.05) is 5.75 Å². The van der Waals surface area contributed by atoms with Crippen LogP contribution in [-0.4, -0.2) is 32.9 Å². The summed E-state index contributed by atoms with van der Waals surface area (Å²) >= 11 is 2.76. The number of fused-ring (bicyclic) bond motifs is 1. The minimum absolute atomic E-state index is 0.132. The van der Waals surface area contributed by atoms with Gasteiger partial charge in [0.2, 0.25) is 0 Å². The van der Waals surface area contributed by atoms with E-state index in [-0.39, 0.29) is 12.2 Å². The van der Waals surface area contributed by atoms with Crippen LogP contribution in [-0.2, 0) is 9.59 Å². The highest BCUT2D eigenvalue weighted by Crippen LogP contribution is 2.32. The summed E-state index contributed by atoms with van der Waals surface area (Å²) in [5, 5.41) is 18.5. The van der Waals surface area contributed by atoms with Gasteiger partial charge in [-0.15, -0.1) is 17.9 Å². The van der Waals surface area contributed by atoms with E-state index in [4.69, 9.17) is 0 Å². The normalized spacial score (nSPS) is 13.6. The number of benzene rings is 1. The molecule has 7 heteroatoms. The second kappa shape index (κ2) is 7.42. The van der Waals surface area contributed by atoms with Crippen molar-refractivity contribution in [1.82, 2.24) is 4.98 Å². The van der Waals surface area contributed by atoms with Crippen LogP contribution >= 0.6 is 23.1 Å². The summed E-state index contributed by atoms with van der Waals surface area (Å²) in [6.45, 7) is 3.50. The Hall–Kier alpha value is -1.86. The SMILES string of the molecule is C=CCC(C(=O)O)C(CSc1nc2ccccc2s1)C(=O)O. The molecule has 0 amide bonds. The van der Waals surface area contributed by atoms with E-state index in [0.717, 1.165) is 14.6 Å². The van der Waals surface area contributed by atoms with Gasteiger partial charge in [0.1, 0.15) is 0 Å². The molecule has 2 N–H and O–H groups in total. The van der Waals surface area contributed by atoms with E-state index >= 15 is 0 Å². The lowest BCUT2D eigenvalue weighted by Gasteiger charge is -2.18. The monoisotopic (exact) mass is 337 g/mol. The fraction of sp³-hybridized carbons (Fsp3) is 0.267. The van der Waals surface area contributed by atoms with Gasteiger partial charge in [-0.05, 0) is 18.6 Å². The number of hydrogen-bond acceptors (Lipinski definition) is 5. The van der Waals surface area contributed by atoms with Crippen LogP contribution in [0.25, 0.3) is 10.2 Å². The third kappa shape index (κ3) is 3.86. The van der Waals surface area contributed by atoms with Crippen molar-refractivity contribution in [1.29, 1.82) is 0 Å². The van der Waals surface area contributed by atoms with Crippen LogP contribution in [0.5, 0.6) is 0 Å². The first-order valence-electron chi connectivity index (χ1n) is 6.57. The third-order valence-electron chi connectivity index (χ3n) is 3.20. The number of carbonyl (C=O) groups is 2. The number of rotatable bonds is 8. The molecule has 0 fully saturated rings. The zero-order valence-corrected chi connectivity index (χ0v) is 13.3. The molecule has 2 atom stereocenters. The molecule has 2 unspecified atom stereocenters. The molecule has 0 bridgehead atoms. The van der Waals surface area contributed by atoms with Gasteiger partial charge in [0.15, 0.2) is 4.34 Å². The number of carboxylic acid groups (broad SMARTS) is 2. The van der Waals surface area contributed by atoms with Crippen LogP contribution in [0.3, 0.4) is 0 Å². The Bertz CT molecular complexity index is 665. The predicted octanol–water partition coefficient (Wildman–Crippen LogP) is 3.37. The average Bonchev–Trinajstić information content (AvgIpc) is 2.88. The molecule has 0 aliphatic heterocycles. The van der Waals surface area contributed by atoms with Crippen LogP contribution in [0.15, 0.2) is 41.3 Å². The standard InChI is InChI=1S/C15H15NO4S2/c1-2-5-9(13(17)18)10(14(19)20)8-21-15-16-11-6-3-4-7-12(11)22-15/h2-4,6-7,9-10H,1,5,8H2,(H,17,18)(H,19,20). The fourth-order valence-corrected chi connectivity index (χ4v) is 4.32. The maximum atomic E-state index is 11.4. The molecule has 5 nitrogen and oxygen atoms in total. The molecule has 0 saturated heterocycles. The zero-order chi connectivity index (χ0) is 16.1. The molecule has 0 aliphatic carbocycles. The quantitative estimate of drug-likeness (QED) is 0.567. The number of nitrogens with zero attached hydrogens (tertiary/aromatic N) is 1. The summed E-state index contributed by atoms with van der Waals surface area (Å²) in [4.78, 5) is 27.1. The first-order valence-corrected chi connectivity index (χ1v) is 8.38. The Labute approximate surface area is 135 Å². The van der Waals surface area contributed by atoms with Crippen molar-refractivity contribution >= 4 is 45.3 Å². The molecule has 0 radical (unpaired) electrons. The highest BCUT2D eigenvalue weighted by molar-refractivity contribution is 8.01. The van der Waals surface area contributed by atoms with Crippen molar-refractivity contribution in [3.05, 3.63) is 36.9 Å². The number of carboxylic acids is 2. The van der Waals surface area contributed by atoms with Crippen LogP contribution in [0, 0.1) is 11.8 Å². The maximum Gasteiger partial charge on any atom is 0.308 e. The second-order valence-electron chi connectivity index (χ2n) is 4.67. The van der Waals surface area contributed by atoms with Crippen LogP contribution in [0.2, 0.25) is 0 Å². The lowest BCUT2D eigenvalue weighted by Crippen LogP contribution is -2.31. The van der Waals surface area contributed by atoms with Crippen LogP contribution in [0.1, 0.15) is 6.42 Å². The summed E-state index contributed by atoms with van der Waals surface area (Å²) in [6, 6.07) is 7.65. The van der Waals surface area contributed by atoms with Gasteiger partial charge in [0.05, 0.1) is 22.1 Å². The minimum Gasteiger partial charge on any atom is -0.481 e. The van der Waals surface area contributed by atoms with E-state index in [1.807, 2.05) is 24.3 Å². The van der Waals surface area contributed by atoms with Gasteiger partial charge in [-0.1, -0.05) is 30.0 Å². The zero-order valence-electron chi connectivity index (χ0n) is 11.6. The summed E-state index contributed by atoms with van der Waals surface area (Å²) in [5.74, 6) is -4.01. The highest BCUT2D eigenvalue weighted by Gasteiger charge is 2.33. The number of para-hydroxylation sites is 1. The van der Waals surface area contributed by atoms with E-state index in [9.17, 15) is 19.8 Å². The smallest absolute Gasteiger partial charge is 0.308 e. The molecule has 2 aromatic rings. The number of allylic oxidation sites excluding steroid dienone is 1. The summed E-state index contributed by atoms with van der Waals surface area (Å²) in [6.07, 6.45) is 1.57. The molecule has 0 saturated carbocycles. The first-order chi connectivity index (χ1) is 10.5. The largest absolute Gasteiger partial charge is 0.481 e. The average molecular weight is 337 g/mol. The van der Waals surface area contributed by atoms with Crippen LogP contribution < -0.4 is 0 Å². The highest BCUT2D eigenvalue weighted by atomic mass is 32.2. The van der Waals surface area contributed by atoms with E-state index in [1.165, 1.54) is 29.2 Å². The minimum atomic E-state index is -1.11. The maximum absolute atomic E-state index is 11.4. The van der Waals surface area contributed by atoms with Gasteiger partial charge in [-0.3, -0.25) is 9.59 Å². The van der Waals surface area contributed by atoms with E-state index < -0.39 is 23.8 Å². The topological polar surface area (TPSA) is 87.5 Å². The number of aliphatic carboxylic acids is 2. The summed E-state index contributed by atoms with van der Waals surface area (Å²) in [7, 11) is 0. The molecular weight excluding hydrogens is 322 g/mol. The summed E-state index contributed by atoms with van der Waals surface area (Å²) < 4.78 is 1.77. The second-order valence-corrected chi connectivity index (χ2v) is 6.97. The lowest BCUT2D eigenvalue weighted by molar-refractivity contribution is -0.152. The molecule has 1 heterocycles. The molecule has 2 rings (SSSR count). The number of hydrogen-bond donors (Lipinski definition) is 2. The van der Waals surface area contributed by atoms with E-state index in [1.54, 1.807) is 0 Å². The third-order valence-corrected chi connectivity index (χ3v) is 5.50. The Morgan fingerprint density at radius 3 is 2.55 bits per heavy atom. The van der Waals surface area contributed by atoms with Crippen molar-refractivity contribution in [2.24, 2.45) is 11.8 Å². The van der Waals surface area contributed by atoms with Crippen molar-refractivity contribution in [3.8, 4) is 0 Å². The molecule has 22 heavy (non-hydrogen) atoms. The van der Waals surface area contributed by atoms with Crippen LogP contribution in [0.4, 0.5) is 0 Å². The molecule has 1 aromatic heterocycles. The van der Waals surface area contributed by atoms with Gasteiger partial charge in [-0.25, -0.2) is 4.98 Å². The van der Waals surface area contributed by atoms with E-state index in [2.05, 4.69) is 11.6 Å². The first kappa shape index (κ1) is 16.5. The molecular formula is C15H15NO4S2. The number of thiazole rings is 1. The summed E-state index contributed by atoms with van der Waals surface area (Å²) in [5.41, 5.74) is 0.864. The van der Waals surface area contributed by atoms with Gasteiger partial charge in [0.25, 0.3) is 0 Å². The lowest BCUT2D eigenvalue weighted by atomic mass is 9.91.